The second-order valence-corrected chi connectivity index (χ2v) is 4.96. The van der Waals surface area contributed by atoms with Crippen LogP contribution in [0.15, 0.2) is 24.3 Å². The van der Waals surface area contributed by atoms with Crippen LogP contribution in [0.2, 0.25) is 0 Å². The molecule has 1 N–H and O–H groups in total. The fraction of sp³-hybridized carbons (Fsp3) is 0.625. The Labute approximate surface area is 112 Å². The van der Waals surface area contributed by atoms with Gasteiger partial charge >= 0.3 is 0 Å². The molecular formula is C16H27NO. The van der Waals surface area contributed by atoms with Gasteiger partial charge in [-0.15, -0.1) is 0 Å². The Bertz CT molecular complexity index is 310. The molecule has 0 amide bonds. The fourth-order valence-corrected chi connectivity index (χ4v) is 2.03. The molecule has 0 aliphatic carbocycles. The van der Waals surface area contributed by atoms with E-state index in [0.717, 1.165) is 18.7 Å². The first-order valence-electron chi connectivity index (χ1n) is 7.22. The van der Waals surface area contributed by atoms with Gasteiger partial charge in [0.1, 0.15) is 0 Å². The molecule has 0 aliphatic heterocycles. The molecule has 0 aliphatic rings. The van der Waals surface area contributed by atoms with Crippen LogP contribution in [0.4, 0.5) is 5.69 Å². The summed E-state index contributed by atoms with van der Waals surface area (Å²) in [6.45, 7) is 8.53. The molecule has 0 saturated heterocycles. The Morgan fingerprint density at radius 3 is 1.89 bits per heavy atom. The number of unbranched alkanes of at least 4 members (excludes halogenated alkanes) is 2. The summed E-state index contributed by atoms with van der Waals surface area (Å²) < 4.78 is 0. The van der Waals surface area contributed by atoms with Crippen LogP contribution in [0, 0.1) is 0 Å². The lowest BCUT2D eigenvalue weighted by Gasteiger charge is -2.25. The normalized spacial score (nSPS) is 12.4. The van der Waals surface area contributed by atoms with Crippen LogP contribution < -0.4 is 4.90 Å². The van der Waals surface area contributed by atoms with Crippen molar-refractivity contribution in [1.82, 2.24) is 0 Å². The van der Waals surface area contributed by atoms with Crippen LogP contribution >= 0.6 is 0 Å². The Balaban J connectivity index is 2.70. The largest absolute Gasteiger partial charge is 0.389 e. The van der Waals surface area contributed by atoms with Gasteiger partial charge in [0.05, 0.1) is 6.10 Å². The molecule has 0 saturated carbocycles. The number of hydrogen-bond acceptors (Lipinski definition) is 2. The maximum atomic E-state index is 9.52. The molecule has 18 heavy (non-hydrogen) atoms. The van der Waals surface area contributed by atoms with E-state index in [2.05, 4.69) is 30.9 Å². The Morgan fingerprint density at radius 1 is 1.00 bits per heavy atom. The van der Waals surface area contributed by atoms with Crippen molar-refractivity contribution in [1.29, 1.82) is 0 Å². The Kier molecular flexibility index (Phi) is 6.81. The zero-order valence-electron chi connectivity index (χ0n) is 12.0. The maximum absolute atomic E-state index is 9.52. The van der Waals surface area contributed by atoms with Crippen LogP contribution in [0.5, 0.6) is 0 Å². The molecule has 0 unspecified atom stereocenters. The third-order valence-electron chi connectivity index (χ3n) is 3.30. The van der Waals surface area contributed by atoms with Crippen molar-refractivity contribution in [3.05, 3.63) is 29.8 Å². The maximum Gasteiger partial charge on any atom is 0.0761 e. The van der Waals surface area contributed by atoms with Gasteiger partial charge < -0.3 is 10.0 Å². The highest BCUT2D eigenvalue weighted by Crippen LogP contribution is 2.20. The van der Waals surface area contributed by atoms with Gasteiger partial charge in [0.25, 0.3) is 0 Å². The zero-order chi connectivity index (χ0) is 13.4. The average Bonchev–Trinajstić information content (AvgIpc) is 2.39. The molecule has 0 bridgehead atoms. The van der Waals surface area contributed by atoms with Gasteiger partial charge in [-0.3, -0.25) is 0 Å². The van der Waals surface area contributed by atoms with Gasteiger partial charge in [0, 0.05) is 18.8 Å². The lowest BCUT2D eigenvalue weighted by Crippen LogP contribution is -2.25. The summed E-state index contributed by atoms with van der Waals surface area (Å²) in [6.07, 6.45) is 4.56. The van der Waals surface area contributed by atoms with E-state index in [1.807, 2.05) is 12.1 Å². The summed E-state index contributed by atoms with van der Waals surface area (Å²) >= 11 is 0. The summed E-state index contributed by atoms with van der Waals surface area (Å²) in [6, 6.07) is 8.33. The summed E-state index contributed by atoms with van der Waals surface area (Å²) in [4.78, 5) is 2.46. The molecule has 0 radical (unpaired) electrons. The lowest BCUT2D eigenvalue weighted by molar-refractivity contribution is 0.199. The Morgan fingerprint density at radius 2 is 1.50 bits per heavy atom. The average molecular weight is 249 g/mol. The summed E-state index contributed by atoms with van der Waals surface area (Å²) in [7, 11) is 0. The first-order chi connectivity index (χ1) is 8.69. The zero-order valence-corrected chi connectivity index (χ0v) is 12.0. The molecule has 1 atom stereocenters. The molecule has 102 valence electrons. The number of benzene rings is 1. The third-order valence-corrected chi connectivity index (χ3v) is 3.30. The first-order valence-corrected chi connectivity index (χ1v) is 7.22. The smallest absolute Gasteiger partial charge is 0.0761 e. The highest BCUT2D eigenvalue weighted by atomic mass is 16.3. The molecule has 0 aromatic heterocycles. The van der Waals surface area contributed by atoms with Crippen molar-refractivity contribution in [3.8, 4) is 0 Å². The second-order valence-electron chi connectivity index (χ2n) is 4.96. The van der Waals surface area contributed by atoms with Crippen molar-refractivity contribution in [2.24, 2.45) is 0 Å². The quantitative estimate of drug-likeness (QED) is 0.748. The summed E-state index contributed by atoms with van der Waals surface area (Å²) in [5.41, 5.74) is 2.27. The minimum absolute atomic E-state index is 0.376. The van der Waals surface area contributed by atoms with Crippen LogP contribution in [0.1, 0.15) is 58.1 Å². The topological polar surface area (TPSA) is 23.5 Å². The number of aliphatic hydroxyl groups is 1. The minimum atomic E-state index is -0.376. The van der Waals surface area contributed by atoms with E-state index >= 15 is 0 Å². The van der Waals surface area contributed by atoms with E-state index in [1.165, 1.54) is 31.4 Å². The number of anilines is 1. The predicted octanol–water partition coefficient (Wildman–Crippen LogP) is 4.15. The molecule has 1 rings (SSSR count). The lowest BCUT2D eigenvalue weighted by atomic mass is 10.1. The van der Waals surface area contributed by atoms with Crippen LogP contribution in [-0.2, 0) is 0 Å². The summed E-state index contributed by atoms with van der Waals surface area (Å²) in [5.74, 6) is 0. The minimum Gasteiger partial charge on any atom is -0.389 e. The Hall–Kier alpha value is -1.02. The van der Waals surface area contributed by atoms with Gasteiger partial charge in [-0.05, 0) is 37.5 Å². The standard InChI is InChI=1S/C16H27NO/c1-4-6-12-17(13-7-5-2)16-10-8-15(9-11-16)14(3)18/h8-11,14,18H,4-7,12-13H2,1-3H3/t14-/m0/s1. The van der Waals surface area contributed by atoms with Crippen molar-refractivity contribution in [2.75, 3.05) is 18.0 Å². The SMILES string of the molecule is CCCCN(CCCC)c1ccc([C@H](C)O)cc1. The number of aliphatic hydroxyl groups excluding tert-OH is 1. The molecule has 0 heterocycles. The number of rotatable bonds is 8. The van der Waals surface area contributed by atoms with Gasteiger partial charge in [0.15, 0.2) is 0 Å². The van der Waals surface area contributed by atoms with Gasteiger partial charge in [-0.1, -0.05) is 38.8 Å². The predicted molar refractivity (Wildman–Crippen MR) is 79.1 cm³/mol. The number of hydrogen-bond donors (Lipinski definition) is 1. The molecule has 0 fully saturated rings. The molecule has 2 heteroatoms. The molecule has 1 aromatic rings. The van der Waals surface area contributed by atoms with E-state index in [1.54, 1.807) is 6.92 Å². The molecular weight excluding hydrogens is 222 g/mol. The fourth-order valence-electron chi connectivity index (χ4n) is 2.03. The van der Waals surface area contributed by atoms with Crippen molar-refractivity contribution >= 4 is 5.69 Å². The van der Waals surface area contributed by atoms with E-state index < -0.39 is 0 Å². The first kappa shape index (κ1) is 15.0. The summed E-state index contributed by atoms with van der Waals surface area (Å²) in [5, 5.41) is 9.52. The van der Waals surface area contributed by atoms with E-state index in [0.29, 0.717) is 0 Å². The molecule has 1 aromatic carbocycles. The van der Waals surface area contributed by atoms with Crippen LogP contribution in [-0.4, -0.2) is 18.2 Å². The third kappa shape index (κ3) is 4.69. The van der Waals surface area contributed by atoms with E-state index in [4.69, 9.17) is 0 Å². The monoisotopic (exact) mass is 249 g/mol. The molecule has 0 spiro atoms. The highest BCUT2D eigenvalue weighted by molar-refractivity contribution is 5.47. The molecule has 2 nitrogen and oxygen atoms in total. The van der Waals surface area contributed by atoms with E-state index in [-0.39, 0.29) is 6.10 Å². The second kappa shape index (κ2) is 8.15. The van der Waals surface area contributed by atoms with Crippen molar-refractivity contribution < 1.29 is 5.11 Å². The van der Waals surface area contributed by atoms with Crippen LogP contribution in [0.25, 0.3) is 0 Å². The highest BCUT2D eigenvalue weighted by Gasteiger charge is 2.06. The number of nitrogens with zero attached hydrogens (tertiary/aromatic N) is 1. The van der Waals surface area contributed by atoms with Crippen LogP contribution in [0.3, 0.4) is 0 Å². The van der Waals surface area contributed by atoms with Gasteiger partial charge in [-0.25, -0.2) is 0 Å². The van der Waals surface area contributed by atoms with Crippen molar-refractivity contribution in [2.45, 2.75) is 52.6 Å². The van der Waals surface area contributed by atoms with Crippen molar-refractivity contribution in [3.63, 3.8) is 0 Å². The van der Waals surface area contributed by atoms with E-state index in [9.17, 15) is 5.11 Å². The van der Waals surface area contributed by atoms with Gasteiger partial charge in [-0.2, -0.15) is 0 Å². The van der Waals surface area contributed by atoms with Gasteiger partial charge in [0.2, 0.25) is 0 Å².